The minimum absolute atomic E-state index is 0.0508. The maximum atomic E-state index is 11.9. The number of hydrogen-bond acceptors (Lipinski definition) is 3. The summed E-state index contributed by atoms with van der Waals surface area (Å²) in [6.45, 7) is 4.52. The maximum absolute atomic E-state index is 11.9. The Morgan fingerprint density at radius 3 is 2.56 bits per heavy atom. The Hall–Kier alpha value is -1.06. The summed E-state index contributed by atoms with van der Waals surface area (Å²) in [6.07, 6.45) is 7.66. The summed E-state index contributed by atoms with van der Waals surface area (Å²) < 4.78 is 4.92. The average molecular weight is 255 g/mol. The van der Waals surface area contributed by atoms with Gasteiger partial charge in [-0.15, -0.1) is 0 Å². The number of carbonyl (C=O) groups is 2. The third-order valence-electron chi connectivity index (χ3n) is 3.45. The van der Waals surface area contributed by atoms with Crippen molar-refractivity contribution in [3.05, 3.63) is 0 Å². The molecule has 18 heavy (non-hydrogen) atoms. The minimum Gasteiger partial charge on any atom is -0.447 e. The van der Waals surface area contributed by atoms with Crippen molar-refractivity contribution in [3.8, 4) is 0 Å². The summed E-state index contributed by atoms with van der Waals surface area (Å²) >= 11 is 0. The Bertz CT molecular complexity index is 278. The van der Waals surface area contributed by atoms with Crippen molar-refractivity contribution in [3.63, 3.8) is 0 Å². The predicted octanol–water partition coefficient (Wildman–Crippen LogP) is 3.49. The SMILES string of the molecule is CCCCCCCCC(=O)N1C(=O)OCC1CC. The van der Waals surface area contributed by atoms with Crippen molar-refractivity contribution in [2.45, 2.75) is 71.3 Å². The lowest BCUT2D eigenvalue weighted by Gasteiger charge is -2.17. The maximum Gasteiger partial charge on any atom is 0.416 e. The zero-order valence-electron chi connectivity index (χ0n) is 11.6. The average Bonchev–Trinajstić information content (AvgIpc) is 2.74. The van der Waals surface area contributed by atoms with E-state index in [4.69, 9.17) is 4.74 Å². The molecule has 1 heterocycles. The van der Waals surface area contributed by atoms with Gasteiger partial charge >= 0.3 is 6.09 Å². The molecule has 0 aromatic rings. The smallest absolute Gasteiger partial charge is 0.416 e. The van der Waals surface area contributed by atoms with E-state index in [1.165, 1.54) is 30.6 Å². The van der Waals surface area contributed by atoms with E-state index in [9.17, 15) is 9.59 Å². The van der Waals surface area contributed by atoms with Crippen LogP contribution in [0.2, 0.25) is 0 Å². The van der Waals surface area contributed by atoms with Gasteiger partial charge in [-0.3, -0.25) is 4.79 Å². The molecule has 0 spiro atoms. The van der Waals surface area contributed by atoms with Crippen LogP contribution in [0.15, 0.2) is 0 Å². The normalized spacial score (nSPS) is 19.1. The predicted molar refractivity (Wildman–Crippen MR) is 70.3 cm³/mol. The number of nitrogens with zero attached hydrogens (tertiary/aromatic N) is 1. The van der Waals surface area contributed by atoms with Crippen molar-refractivity contribution in [2.75, 3.05) is 6.61 Å². The number of carbonyl (C=O) groups excluding carboxylic acids is 2. The first-order valence-corrected chi connectivity index (χ1v) is 7.19. The van der Waals surface area contributed by atoms with Gasteiger partial charge in [0.15, 0.2) is 0 Å². The summed E-state index contributed by atoms with van der Waals surface area (Å²) in [6, 6.07) is -0.0508. The molecule has 0 aromatic carbocycles. The lowest BCUT2D eigenvalue weighted by molar-refractivity contribution is -0.129. The van der Waals surface area contributed by atoms with Crippen LogP contribution < -0.4 is 0 Å². The van der Waals surface area contributed by atoms with Gasteiger partial charge in [0.05, 0.1) is 6.04 Å². The summed E-state index contributed by atoms with van der Waals surface area (Å²) in [4.78, 5) is 24.7. The van der Waals surface area contributed by atoms with Crippen LogP contribution in [0.5, 0.6) is 0 Å². The first kappa shape index (κ1) is 15.0. The van der Waals surface area contributed by atoms with Crippen molar-refractivity contribution in [1.82, 2.24) is 4.90 Å². The van der Waals surface area contributed by atoms with Gasteiger partial charge in [0.25, 0.3) is 0 Å². The highest BCUT2D eigenvalue weighted by atomic mass is 16.6. The van der Waals surface area contributed by atoms with E-state index in [2.05, 4.69) is 6.92 Å². The second-order valence-electron chi connectivity index (χ2n) is 4.92. The molecule has 0 bridgehead atoms. The molecule has 4 heteroatoms. The number of amides is 2. The molecule has 0 aromatic heterocycles. The van der Waals surface area contributed by atoms with Crippen LogP contribution in [0.4, 0.5) is 4.79 Å². The van der Waals surface area contributed by atoms with E-state index in [1.54, 1.807) is 0 Å². The molecule has 1 aliphatic heterocycles. The summed E-state index contributed by atoms with van der Waals surface area (Å²) in [5.41, 5.74) is 0. The number of rotatable bonds is 8. The van der Waals surface area contributed by atoms with Gasteiger partial charge in [-0.1, -0.05) is 46.0 Å². The minimum atomic E-state index is -0.460. The van der Waals surface area contributed by atoms with Crippen LogP contribution in [0.25, 0.3) is 0 Å². The molecular weight excluding hydrogens is 230 g/mol. The summed E-state index contributed by atoms with van der Waals surface area (Å²) in [7, 11) is 0. The van der Waals surface area contributed by atoms with Crippen LogP contribution in [-0.4, -0.2) is 29.5 Å². The molecule has 2 amide bonds. The molecule has 0 saturated carbocycles. The third kappa shape index (κ3) is 4.31. The second-order valence-corrected chi connectivity index (χ2v) is 4.92. The van der Waals surface area contributed by atoms with Crippen molar-refractivity contribution in [2.24, 2.45) is 0 Å². The topological polar surface area (TPSA) is 46.6 Å². The Morgan fingerprint density at radius 2 is 1.89 bits per heavy atom. The van der Waals surface area contributed by atoms with Crippen LogP contribution in [0.1, 0.15) is 65.2 Å². The van der Waals surface area contributed by atoms with E-state index in [1.807, 2.05) is 6.92 Å². The monoisotopic (exact) mass is 255 g/mol. The zero-order chi connectivity index (χ0) is 13.4. The number of cyclic esters (lactones) is 1. The molecule has 104 valence electrons. The fourth-order valence-electron chi connectivity index (χ4n) is 2.24. The molecule has 1 atom stereocenters. The summed E-state index contributed by atoms with van der Waals surface area (Å²) in [5.74, 6) is -0.0696. The Morgan fingerprint density at radius 1 is 1.22 bits per heavy atom. The molecular formula is C14H25NO3. The summed E-state index contributed by atoms with van der Waals surface area (Å²) in [5, 5.41) is 0. The lowest BCUT2D eigenvalue weighted by atomic mass is 10.1. The van der Waals surface area contributed by atoms with Gasteiger partial charge in [0.1, 0.15) is 6.61 Å². The van der Waals surface area contributed by atoms with E-state index in [0.717, 1.165) is 19.3 Å². The van der Waals surface area contributed by atoms with Gasteiger partial charge in [-0.25, -0.2) is 9.69 Å². The molecule has 4 nitrogen and oxygen atoms in total. The van der Waals surface area contributed by atoms with E-state index >= 15 is 0 Å². The highest BCUT2D eigenvalue weighted by molar-refractivity contribution is 5.93. The molecule has 1 aliphatic rings. The van der Waals surface area contributed by atoms with E-state index in [0.29, 0.717) is 13.0 Å². The van der Waals surface area contributed by atoms with Crippen LogP contribution in [-0.2, 0) is 9.53 Å². The zero-order valence-corrected chi connectivity index (χ0v) is 11.6. The first-order chi connectivity index (χ1) is 8.70. The molecule has 1 rings (SSSR count). The number of ether oxygens (including phenoxy) is 1. The van der Waals surface area contributed by atoms with E-state index < -0.39 is 6.09 Å². The highest BCUT2D eigenvalue weighted by Gasteiger charge is 2.35. The number of hydrogen-bond donors (Lipinski definition) is 0. The fourth-order valence-corrected chi connectivity index (χ4v) is 2.24. The molecule has 1 saturated heterocycles. The van der Waals surface area contributed by atoms with Gasteiger partial charge in [0.2, 0.25) is 5.91 Å². The number of imide groups is 1. The Balaban J connectivity index is 2.21. The van der Waals surface area contributed by atoms with Crippen LogP contribution in [0, 0.1) is 0 Å². The second kappa shape index (κ2) is 8.11. The van der Waals surface area contributed by atoms with Gasteiger partial charge in [-0.05, 0) is 12.8 Å². The van der Waals surface area contributed by atoms with Gasteiger partial charge in [-0.2, -0.15) is 0 Å². The van der Waals surface area contributed by atoms with E-state index in [-0.39, 0.29) is 11.9 Å². The van der Waals surface area contributed by atoms with Crippen molar-refractivity contribution in [1.29, 1.82) is 0 Å². The molecule has 0 N–H and O–H groups in total. The molecule has 0 aliphatic carbocycles. The standard InChI is InChI=1S/C14H25NO3/c1-3-5-6-7-8-9-10-13(16)15-12(4-2)11-18-14(15)17/h12H,3-11H2,1-2H3. The highest BCUT2D eigenvalue weighted by Crippen LogP contribution is 2.18. The Kier molecular flexibility index (Phi) is 6.76. The molecule has 1 fully saturated rings. The third-order valence-corrected chi connectivity index (χ3v) is 3.45. The van der Waals surface area contributed by atoms with Crippen molar-refractivity contribution >= 4 is 12.0 Å². The first-order valence-electron chi connectivity index (χ1n) is 7.19. The largest absolute Gasteiger partial charge is 0.447 e. The number of unbranched alkanes of at least 4 members (excludes halogenated alkanes) is 5. The fraction of sp³-hybridized carbons (Fsp3) is 0.857. The lowest BCUT2D eigenvalue weighted by Crippen LogP contribution is -2.38. The molecule has 1 unspecified atom stereocenters. The molecule has 0 radical (unpaired) electrons. The van der Waals surface area contributed by atoms with Gasteiger partial charge in [0, 0.05) is 6.42 Å². The quantitative estimate of drug-likeness (QED) is 0.624. The van der Waals surface area contributed by atoms with Crippen LogP contribution in [0.3, 0.4) is 0 Å². The Labute approximate surface area is 110 Å². The van der Waals surface area contributed by atoms with Gasteiger partial charge < -0.3 is 4.74 Å². The van der Waals surface area contributed by atoms with Crippen LogP contribution >= 0.6 is 0 Å². The van der Waals surface area contributed by atoms with Crippen molar-refractivity contribution < 1.29 is 14.3 Å².